The summed E-state index contributed by atoms with van der Waals surface area (Å²) >= 11 is 5.87. The molecule has 1 atom stereocenters. The maximum absolute atomic E-state index is 13.0. The van der Waals surface area contributed by atoms with Crippen molar-refractivity contribution >= 4 is 11.6 Å². The summed E-state index contributed by atoms with van der Waals surface area (Å²) < 4.78 is 39.1. The third-order valence-electron chi connectivity index (χ3n) is 4.24. The van der Waals surface area contributed by atoms with Gasteiger partial charge in [-0.3, -0.25) is 5.10 Å². The van der Waals surface area contributed by atoms with Gasteiger partial charge in [-0.15, -0.1) is 0 Å². The van der Waals surface area contributed by atoms with Crippen molar-refractivity contribution in [2.75, 3.05) is 0 Å². The van der Waals surface area contributed by atoms with Crippen molar-refractivity contribution in [3.8, 4) is 17.2 Å². The summed E-state index contributed by atoms with van der Waals surface area (Å²) in [5.74, 6) is 0. The highest BCUT2D eigenvalue weighted by atomic mass is 35.5. The Kier molecular flexibility index (Phi) is 4.96. The van der Waals surface area contributed by atoms with E-state index >= 15 is 0 Å². The maximum atomic E-state index is 13.0. The molecule has 0 aliphatic carbocycles. The van der Waals surface area contributed by atoms with Crippen LogP contribution >= 0.6 is 11.6 Å². The third-order valence-corrected chi connectivity index (χ3v) is 4.49. The molecule has 2 N–H and O–H groups in total. The second-order valence-corrected chi connectivity index (χ2v) is 6.36. The topological polar surface area (TPSA) is 72.7 Å². The standard InChI is InChI=1S/C19H13ClF3N3O/c20-15-7-5-14(6-8-15)18(27,9-10-24)13-3-1-12(2-4-13)16-11-25-26-17(16)19(21,22)23/h1-8,11,27H,9H2,(H,25,26). The van der Waals surface area contributed by atoms with Crippen molar-refractivity contribution < 1.29 is 18.3 Å². The Bertz CT molecular complexity index is 975. The van der Waals surface area contributed by atoms with Crippen LogP contribution in [0, 0.1) is 11.3 Å². The van der Waals surface area contributed by atoms with Gasteiger partial charge in [-0.05, 0) is 28.8 Å². The average Bonchev–Trinajstić information content (AvgIpc) is 3.13. The van der Waals surface area contributed by atoms with Gasteiger partial charge in [0.25, 0.3) is 0 Å². The molecule has 2 aromatic carbocycles. The number of nitrogens with one attached hydrogen (secondary N) is 1. The number of nitrogens with zero attached hydrogens (tertiary/aromatic N) is 2. The fourth-order valence-electron chi connectivity index (χ4n) is 2.86. The minimum Gasteiger partial charge on any atom is -0.379 e. The minimum atomic E-state index is -4.58. The molecular formula is C19H13ClF3N3O. The molecule has 138 valence electrons. The van der Waals surface area contributed by atoms with E-state index in [9.17, 15) is 18.3 Å². The molecule has 0 fully saturated rings. The van der Waals surface area contributed by atoms with E-state index in [1.807, 2.05) is 6.07 Å². The van der Waals surface area contributed by atoms with Gasteiger partial charge in [0.1, 0.15) is 5.60 Å². The molecule has 0 spiro atoms. The number of nitriles is 1. The highest BCUT2D eigenvalue weighted by Crippen LogP contribution is 2.37. The molecule has 0 saturated heterocycles. The van der Waals surface area contributed by atoms with Crippen molar-refractivity contribution in [3.63, 3.8) is 0 Å². The Balaban J connectivity index is 2.02. The lowest BCUT2D eigenvalue weighted by Gasteiger charge is -2.27. The Morgan fingerprint density at radius 1 is 1.04 bits per heavy atom. The molecule has 8 heteroatoms. The van der Waals surface area contributed by atoms with E-state index in [0.717, 1.165) is 0 Å². The highest BCUT2D eigenvalue weighted by Gasteiger charge is 2.37. The number of rotatable bonds is 4. The monoisotopic (exact) mass is 391 g/mol. The Morgan fingerprint density at radius 2 is 1.59 bits per heavy atom. The van der Waals surface area contributed by atoms with Gasteiger partial charge >= 0.3 is 6.18 Å². The Labute approximate surface area is 157 Å². The lowest BCUT2D eigenvalue weighted by atomic mass is 9.83. The number of hydrogen-bond donors (Lipinski definition) is 2. The van der Waals surface area contributed by atoms with Crippen molar-refractivity contribution in [1.29, 1.82) is 5.26 Å². The summed E-state index contributed by atoms with van der Waals surface area (Å²) in [4.78, 5) is 0. The molecule has 0 bridgehead atoms. The van der Waals surface area contributed by atoms with E-state index in [4.69, 9.17) is 16.9 Å². The van der Waals surface area contributed by atoms with Crippen LogP contribution in [-0.2, 0) is 11.8 Å². The summed E-state index contributed by atoms with van der Waals surface area (Å²) in [7, 11) is 0. The molecule has 1 aromatic heterocycles. The quantitative estimate of drug-likeness (QED) is 0.664. The van der Waals surface area contributed by atoms with E-state index in [-0.39, 0.29) is 17.5 Å². The molecule has 4 nitrogen and oxygen atoms in total. The van der Waals surface area contributed by atoms with Crippen LogP contribution in [0.2, 0.25) is 5.02 Å². The largest absolute Gasteiger partial charge is 0.435 e. The molecule has 1 heterocycles. The van der Waals surface area contributed by atoms with Crippen LogP contribution in [0.5, 0.6) is 0 Å². The molecule has 1 unspecified atom stereocenters. The number of benzene rings is 2. The SMILES string of the molecule is N#CCC(O)(c1ccc(Cl)cc1)c1ccc(-c2c[nH]nc2C(F)(F)F)cc1. The van der Waals surface area contributed by atoms with Crippen LogP contribution in [0.1, 0.15) is 23.2 Å². The normalized spacial score (nSPS) is 13.8. The van der Waals surface area contributed by atoms with E-state index in [1.54, 1.807) is 24.3 Å². The van der Waals surface area contributed by atoms with Gasteiger partial charge in [-0.25, -0.2) is 0 Å². The zero-order valence-corrected chi connectivity index (χ0v) is 14.5. The van der Waals surface area contributed by atoms with Crippen LogP contribution in [0.15, 0.2) is 54.7 Å². The first-order valence-corrected chi connectivity index (χ1v) is 8.21. The zero-order chi connectivity index (χ0) is 19.7. The number of hydrogen-bond acceptors (Lipinski definition) is 3. The van der Waals surface area contributed by atoms with Crippen LogP contribution in [0.4, 0.5) is 13.2 Å². The first-order valence-electron chi connectivity index (χ1n) is 7.83. The molecule has 0 radical (unpaired) electrons. The first kappa shape index (κ1) is 19.0. The molecule has 0 aliphatic rings. The lowest BCUT2D eigenvalue weighted by Crippen LogP contribution is -2.26. The fraction of sp³-hybridized carbons (Fsp3) is 0.158. The second kappa shape index (κ2) is 7.06. The third kappa shape index (κ3) is 3.68. The number of aromatic nitrogens is 2. The van der Waals surface area contributed by atoms with Gasteiger partial charge in [0.2, 0.25) is 0 Å². The molecule has 0 aliphatic heterocycles. The number of halogens is 4. The Morgan fingerprint density at radius 3 is 2.11 bits per heavy atom. The van der Waals surface area contributed by atoms with Gasteiger partial charge < -0.3 is 5.11 Å². The van der Waals surface area contributed by atoms with Crippen LogP contribution in [0.25, 0.3) is 11.1 Å². The van der Waals surface area contributed by atoms with E-state index in [0.29, 0.717) is 16.1 Å². The smallest absolute Gasteiger partial charge is 0.379 e. The molecule has 3 rings (SSSR count). The van der Waals surface area contributed by atoms with E-state index in [2.05, 4.69) is 10.2 Å². The minimum absolute atomic E-state index is 0.0932. The average molecular weight is 392 g/mol. The maximum Gasteiger partial charge on any atom is 0.435 e. The highest BCUT2D eigenvalue weighted by molar-refractivity contribution is 6.30. The van der Waals surface area contributed by atoms with Crippen LogP contribution in [-0.4, -0.2) is 15.3 Å². The summed E-state index contributed by atoms with van der Waals surface area (Å²) in [6, 6.07) is 14.2. The summed E-state index contributed by atoms with van der Waals surface area (Å²) in [5, 5.41) is 26.2. The van der Waals surface area contributed by atoms with Gasteiger partial charge in [0, 0.05) is 16.8 Å². The summed E-state index contributed by atoms with van der Waals surface area (Å²) in [5.41, 5.74) is -1.59. The molecule has 0 amide bonds. The summed E-state index contributed by atoms with van der Waals surface area (Å²) in [6.07, 6.45) is -3.65. The van der Waals surface area contributed by atoms with Crippen LogP contribution in [0.3, 0.4) is 0 Å². The van der Waals surface area contributed by atoms with Crippen molar-refractivity contribution in [3.05, 3.63) is 76.6 Å². The fourth-order valence-corrected chi connectivity index (χ4v) is 2.99. The number of H-pyrrole nitrogens is 1. The van der Waals surface area contributed by atoms with Crippen LogP contribution < -0.4 is 0 Å². The predicted molar refractivity (Wildman–Crippen MR) is 93.7 cm³/mol. The van der Waals surface area contributed by atoms with Crippen molar-refractivity contribution in [1.82, 2.24) is 10.2 Å². The lowest BCUT2D eigenvalue weighted by molar-refractivity contribution is -0.140. The zero-order valence-electron chi connectivity index (χ0n) is 13.8. The second-order valence-electron chi connectivity index (χ2n) is 5.92. The van der Waals surface area contributed by atoms with Crippen molar-refractivity contribution in [2.45, 2.75) is 18.2 Å². The van der Waals surface area contributed by atoms with Gasteiger partial charge in [0.15, 0.2) is 5.69 Å². The molecule has 0 saturated carbocycles. The predicted octanol–water partition coefficient (Wildman–Crippen LogP) is 4.90. The number of aromatic amines is 1. The first-order chi connectivity index (χ1) is 12.8. The number of aliphatic hydroxyl groups is 1. The van der Waals surface area contributed by atoms with E-state index in [1.165, 1.54) is 30.5 Å². The summed E-state index contributed by atoms with van der Waals surface area (Å²) in [6.45, 7) is 0. The Hall–Kier alpha value is -2.82. The van der Waals surface area contributed by atoms with Gasteiger partial charge in [-0.1, -0.05) is 48.0 Å². The van der Waals surface area contributed by atoms with Crippen molar-refractivity contribution in [2.24, 2.45) is 0 Å². The molecular weight excluding hydrogens is 379 g/mol. The van der Waals surface area contributed by atoms with E-state index < -0.39 is 17.5 Å². The van der Waals surface area contributed by atoms with Gasteiger partial charge in [0.05, 0.1) is 12.5 Å². The van der Waals surface area contributed by atoms with Gasteiger partial charge in [-0.2, -0.15) is 23.5 Å². The molecule has 27 heavy (non-hydrogen) atoms. The molecule has 3 aromatic rings. The number of alkyl halides is 3.